The second-order valence-corrected chi connectivity index (χ2v) is 3.30. The lowest BCUT2D eigenvalue weighted by molar-refractivity contribution is 0.682. The molecule has 1 rings (SSSR count). The third kappa shape index (κ3) is 2.14. The molecule has 1 nitrogen and oxygen atoms in total. The summed E-state index contributed by atoms with van der Waals surface area (Å²) in [5.41, 5.74) is 1.32. The van der Waals surface area contributed by atoms with E-state index >= 15 is 0 Å². The van der Waals surface area contributed by atoms with Crippen LogP contribution in [0.4, 0.5) is 0 Å². The van der Waals surface area contributed by atoms with Gasteiger partial charge in [0, 0.05) is 12.6 Å². The van der Waals surface area contributed by atoms with Crippen LogP contribution in [-0.2, 0) is 0 Å². The Hall–Kier alpha value is -0.300. The van der Waals surface area contributed by atoms with E-state index in [0.717, 1.165) is 24.9 Å². The maximum atomic E-state index is 3.94. The summed E-state index contributed by atoms with van der Waals surface area (Å²) in [5, 5.41) is 3.46. The summed E-state index contributed by atoms with van der Waals surface area (Å²) in [4.78, 5) is 0. The molecule has 0 aromatic rings. The maximum absolute atomic E-state index is 3.94. The van der Waals surface area contributed by atoms with E-state index in [1.807, 2.05) is 0 Å². The zero-order valence-electron chi connectivity index (χ0n) is 6.98. The first-order valence-electron chi connectivity index (χ1n) is 4.14. The van der Waals surface area contributed by atoms with E-state index in [1.54, 1.807) is 0 Å². The van der Waals surface area contributed by atoms with Crippen LogP contribution in [0.5, 0.6) is 0 Å². The van der Waals surface area contributed by atoms with Crippen LogP contribution in [0.15, 0.2) is 12.2 Å². The maximum Gasteiger partial charge on any atom is 0.0164 e. The van der Waals surface area contributed by atoms with Crippen molar-refractivity contribution < 1.29 is 0 Å². The van der Waals surface area contributed by atoms with E-state index in [-0.39, 0.29) is 0 Å². The van der Waals surface area contributed by atoms with Crippen LogP contribution in [0.25, 0.3) is 0 Å². The molecule has 0 aromatic heterocycles. The number of hydrogen-bond acceptors (Lipinski definition) is 1. The monoisotopic (exact) mass is 139 g/mol. The highest BCUT2D eigenvalue weighted by Gasteiger charge is 2.31. The van der Waals surface area contributed by atoms with E-state index in [9.17, 15) is 0 Å². The van der Waals surface area contributed by atoms with Crippen molar-refractivity contribution in [1.82, 2.24) is 5.32 Å². The molecule has 10 heavy (non-hydrogen) atoms. The SMILES string of the molecule is C=C(CC)CNC1CC1C. The standard InChI is InChI=1S/C9H17N/c1-4-7(2)6-10-9-5-8(9)3/h8-10H,2,4-6H2,1,3H3. The molecular formula is C9H17N. The average molecular weight is 139 g/mol. The van der Waals surface area contributed by atoms with Gasteiger partial charge in [0.25, 0.3) is 0 Å². The van der Waals surface area contributed by atoms with Gasteiger partial charge < -0.3 is 5.32 Å². The quantitative estimate of drug-likeness (QED) is 0.587. The van der Waals surface area contributed by atoms with Crippen LogP contribution in [0.2, 0.25) is 0 Å². The van der Waals surface area contributed by atoms with Crippen molar-refractivity contribution >= 4 is 0 Å². The number of hydrogen-bond donors (Lipinski definition) is 1. The van der Waals surface area contributed by atoms with E-state index < -0.39 is 0 Å². The van der Waals surface area contributed by atoms with Gasteiger partial charge in [-0.25, -0.2) is 0 Å². The van der Waals surface area contributed by atoms with Gasteiger partial charge >= 0.3 is 0 Å². The van der Waals surface area contributed by atoms with Gasteiger partial charge in [0.15, 0.2) is 0 Å². The van der Waals surface area contributed by atoms with Gasteiger partial charge in [-0.3, -0.25) is 0 Å². The molecule has 58 valence electrons. The summed E-state index contributed by atoms with van der Waals surface area (Å²) in [5.74, 6) is 0.907. The zero-order chi connectivity index (χ0) is 7.56. The average Bonchev–Trinajstić information content (AvgIpc) is 2.61. The van der Waals surface area contributed by atoms with Gasteiger partial charge in [-0.05, 0) is 18.8 Å². The van der Waals surface area contributed by atoms with Gasteiger partial charge in [-0.2, -0.15) is 0 Å². The van der Waals surface area contributed by atoms with Crippen molar-refractivity contribution in [2.45, 2.75) is 32.7 Å². The van der Waals surface area contributed by atoms with Crippen LogP contribution in [0.3, 0.4) is 0 Å². The molecule has 0 spiro atoms. The van der Waals surface area contributed by atoms with Crippen molar-refractivity contribution in [3.05, 3.63) is 12.2 Å². The Kier molecular flexibility index (Phi) is 2.50. The highest BCUT2D eigenvalue weighted by molar-refractivity contribution is 4.99. The molecule has 1 heteroatoms. The minimum Gasteiger partial charge on any atom is -0.310 e. The third-order valence-electron chi connectivity index (χ3n) is 2.22. The predicted molar refractivity (Wildman–Crippen MR) is 45.0 cm³/mol. The lowest BCUT2D eigenvalue weighted by atomic mass is 10.2. The molecule has 1 fully saturated rings. The molecule has 2 unspecified atom stereocenters. The number of nitrogens with one attached hydrogen (secondary N) is 1. The third-order valence-corrected chi connectivity index (χ3v) is 2.22. The Labute approximate surface area is 63.5 Å². The zero-order valence-corrected chi connectivity index (χ0v) is 6.98. The summed E-state index contributed by atoms with van der Waals surface area (Å²) < 4.78 is 0. The van der Waals surface area contributed by atoms with Gasteiger partial charge in [-0.1, -0.05) is 26.0 Å². The fraction of sp³-hybridized carbons (Fsp3) is 0.778. The molecule has 2 atom stereocenters. The van der Waals surface area contributed by atoms with Gasteiger partial charge in [0.1, 0.15) is 0 Å². The van der Waals surface area contributed by atoms with Crippen LogP contribution in [0.1, 0.15) is 26.7 Å². The van der Waals surface area contributed by atoms with Crippen molar-refractivity contribution in [3.63, 3.8) is 0 Å². The fourth-order valence-electron chi connectivity index (χ4n) is 1.01. The van der Waals surface area contributed by atoms with E-state index in [1.165, 1.54) is 12.0 Å². The molecule has 0 radical (unpaired) electrons. The topological polar surface area (TPSA) is 12.0 Å². The lowest BCUT2D eigenvalue weighted by Crippen LogP contribution is -2.20. The van der Waals surface area contributed by atoms with E-state index in [0.29, 0.717) is 0 Å². The predicted octanol–water partition coefficient (Wildman–Crippen LogP) is 1.95. The Morgan fingerprint density at radius 3 is 2.70 bits per heavy atom. The first-order chi connectivity index (χ1) is 4.74. The Balaban J connectivity index is 2.00. The van der Waals surface area contributed by atoms with Crippen molar-refractivity contribution in [3.8, 4) is 0 Å². The molecule has 0 amide bonds. The van der Waals surface area contributed by atoms with E-state index in [4.69, 9.17) is 0 Å². The highest BCUT2D eigenvalue weighted by Crippen LogP contribution is 2.28. The van der Waals surface area contributed by atoms with Crippen LogP contribution in [-0.4, -0.2) is 12.6 Å². The molecule has 1 aliphatic carbocycles. The second kappa shape index (κ2) is 3.20. The van der Waals surface area contributed by atoms with Crippen LogP contribution < -0.4 is 5.32 Å². The lowest BCUT2D eigenvalue weighted by Gasteiger charge is -2.02. The molecule has 0 bridgehead atoms. The second-order valence-electron chi connectivity index (χ2n) is 3.30. The van der Waals surface area contributed by atoms with Gasteiger partial charge in [-0.15, -0.1) is 0 Å². The molecular weight excluding hydrogens is 122 g/mol. The fourth-order valence-corrected chi connectivity index (χ4v) is 1.01. The summed E-state index contributed by atoms with van der Waals surface area (Å²) in [6.45, 7) is 9.39. The minimum absolute atomic E-state index is 0.795. The first kappa shape index (κ1) is 7.80. The smallest absolute Gasteiger partial charge is 0.0164 e. The van der Waals surface area contributed by atoms with Crippen LogP contribution >= 0.6 is 0 Å². The summed E-state index contributed by atoms with van der Waals surface area (Å²) in [6.07, 6.45) is 2.46. The van der Waals surface area contributed by atoms with Crippen molar-refractivity contribution in [1.29, 1.82) is 0 Å². The Bertz CT molecular complexity index is 129. The van der Waals surface area contributed by atoms with E-state index in [2.05, 4.69) is 25.7 Å². The molecule has 0 heterocycles. The van der Waals surface area contributed by atoms with Crippen LogP contribution in [0, 0.1) is 5.92 Å². The highest BCUT2D eigenvalue weighted by atomic mass is 15.0. The molecule has 0 saturated heterocycles. The van der Waals surface area contributed by atoms with Gasteiger partial charge in [0.05, 0.1) is 0 Å². The first-order valence-corrected chi connectivity index (χ1v) is 4.14. The molecule has 1 aliphatic rings. The molecule has 0 aliphatic heterocycles. The molecule has 0 aromatic carbocycles. The molecule has 1 N–H and O–H groups in total. The summed E-state index contributed by atoms with van der Waals surface area (Å²) >= 11 is 0. The Morgan fingerprint density at radius 2 is 2.30 bits per heavy atom. The number of rotatable bonds is 4. The largest absolute Gasteiger partial charge is 0.310 e. The molecule has 1 saturated carbocycles. The van der Waals surface area contributed by atoms with Crippen molar-refractivity contribution in [2.24, 2.45) is 5.92 Å². The van der Waals surface area contributed by atoms with Crippen molar-refractivity contribution in [2.75, 3.05) is 6.54 Å². The minimum atomic E-state index is 0.795. The summed E-state index contributed by atoms with van der Waals surface area (Å²) in [7, 11) is 0. The Morgan fingerprint density at radius 1 is 1.70 bits per heavy atom. The van der Waals surface area contributed by atoms with Gasteiger partial charge in [0.2, 0.25) is 0 Å². The summed E-state index contributed by atoms with van der Waals surface area (Å²) in [6, 6.07) is 0.795. The normalized spacial score (nSPS) is 30.2.